The van der Waals surface area contributed by atoms with E-state index >= 15 is 0 Å². The van der Waals surface area contributed by atoms with Gasteiger partial charge in [-0.2, -0.15) is 0 Å². The van der Waals surface area contributed by atoms with Crippen LogP contribution in [0.4, 0.5) is 11.4 Å². The number of aryl methyl sites for hydroxylation is 2. The first-order valence-corrected chi connectivity index (χ1v) is 6.36. The van der Waals surface area contributed by atoms with Crippen LogP contribution in [-0.4, -0.2) is 0 Å². The lowest BCUT2D eigenvalue weighted by atomic mass is 10.2. The van der Waals surface area contributed by atoms with E-state index in [1.165, 1.54) is 0 Å². The Balaban J connectivity index is 2.11. The van der Waals surface area contributed by atoms with Crippen molar-refractivity contribution in [3.05, 3.63) is 57.6 Å². The topological polar surface area (TPSA) is 24.1 Å². The second-order valence-corrected chi connectivity index (χ2v) is 5.03. The fourth-order valence-electron chi connectivity index (χ4n) is 1.58. The fourth-order valence-corrected chi connectivity index (χ4v) is 2.14. The normalized spacial score (nSPS) is 10.2. The first-order valence-electron chi connectivity index (χ1n) is 5.60. The summed E-state index contributed by atoms with van der Waals surface area (Å²) >= 11 is 12.3. The van der Waals surface area contributed by atoms with Crippen molar-refractivity contribution >= 4 is 34.6 Å². The lowest BCUT2D eigenvalue weighted by molar-refractivity contribution is 1.37. The summed E-state index contributed by atoms with van der Waals surface area (Å²) in [5.41, 5.74) is 9.99. The van der Waals surface area contributed by atoms with Crippen molar-refractivity contribution in [2.45, 2.75) is 13.8 Å². The van der Waals surface area contributed by atoms with Crippen molar-refractivity contribution in [2.75, 3.05) is 10.9 Å². The SMILES string of the molecule is Cc1ccc(NNc2ccc(C)cc2Cl)c(Cl)c1. The second kappa shape index (κ2) is 5.51. The molecule has 0 amide bonds. The van der Waals surface area contributed by atoms with Crippen LogP contribution >= 0.6 is 23.2 Å². The summed E-state index contributed by atoms with van der Waals surface area (Å²) in [6.07, 6.45) is 0. The molecule has 0 aliphatic carbocycles. The minimum Gasteiger partial charge on any atom is -0.299 e. The highest BCUT2D eigenvalue weighted by molar-refractivity contribution is 6.34. The summed E-state index contributed by atoms with van der Waals surface area (Å²) < 4.78 is 0. The van der Waals surface area contributed by atoms with E-state index in [0.29, 0.717) is 10.0 Å². The van der Waals surface area contributed by atoms with E-state index < -0.39 is 0 Å². The molecule has 0 atom stereocenters. The summed E-state index contributed by atoms with van der Waals surface area (Å²) in [6.45, 7) is 4.00. The van der Waals surface area contributed by atoms with Gasteiger partial charge in [0.2, 0.25) is 0 Å². The largest absolute Gasteiger partial charge is 0.299 e. The number of nitrogens with one attached hydrogen (secondary N) is 2. The molecule has 2 aromatic carbocycles. The molecule has 0 aliphatic heterocycles. The number of benzene rings is 2. The van der Waals surface area contributed by atoms with Gasteiger partial charge in [-0.15, -0.1) is 0 Å². The summed E-state index contributed by atoms with van der Waals surface area (Å²) in [5, 5.41) is 1.34. The van der Waals surface area contributed by atoms with Gasteiger partial charge in [0.05, 0.1) is 21.4 Å². The molecule has 2 aromatic rings. The van der Waals surface area contributed by atoms with Gasteiger partial charge < -0.3 is 0 Å². The molecule has 0 fully saturated rings. The summed E-state index contributed by atoms with van der Waals surface area (Å²) in [4.78, 5) is 0. The Morgan fingerprint density at radius 3 is 1.44 bits per heavy atom. The molecule has 2 nitrogen and oxygen atoms in total. The molecule has 94 valence electrons. The van der Waals surface area contributed by atoms with E-state index in [-0.39, 0.29) is 0 Å². The molecule has 0 radical (unpaired) electrons. The molecule has 2 rings (SSSR count). The molecule has 0 saturated carbocycles. The van der Waals surface area contributed by atoms with Crippen LogP contribution in [-0.2, 0) is 0 Å². The van der Waals surface area contributed by atoms with Crippen molar-refractivity contribution in [3.63, 3.8) is 0 Å². The highest BCUT2D eigenvalue weighted by atomic mass is 35.5. The lowest BCUT2D eigenvalue weighted by Gasteiger charge is -2.13. The van der Waals surface area contributed by atoms with Gasteiger partial charge in [0, 0.05) is 0 Å². The third-order valence-electron chi connectivity index (χ3n) is 2.58. The van der Waals surface area contributed by atoms with Gasteiger partial charge in [0.25, 0.3) is 0 Å². The predicted molar refractivity (Wildman–Crippen MR) is 79.6 cm³/mol. The maximum Gasteiger partial charge on any atom is 0.0726 e. The van der Waals surface area contributed by atoms with Crippen LogP contribution in [0.3, 0.4) is 0 Å². The van der Waals surface area contributed by atoms with E-state index in [4.69, 9.17) is 23.2 Å². The van der Waals surface area contributed by atoms with E-state index in [1.807, 2.05) is 50.2 Å². The van der Waals surface area contributed by atoms with Gasteiger partial charge in [0.1, 0.15) is 0 Å². The van der Waals surface area contributed by atoms with Gasteiger partial charge in [-0.3, -0.25) is 10.9 Å². The van der Waals surface area contributed by atoms with Crippen LogP contribution in [0.15, 0.2) is 36.4 Å². The number of hydrogen-bond donors (Lipinski definition) is 2. The fraction of sp³-hybridized carbons (Fsp3) is 0.143. The van der Waals surface area contributed by atoms with Gasteiger partial charge in [-0.1, -0.05) is 35.3 Å². The Bertz CT molecular complexity index is 516. The number of hydrazine groups is 1. The Labute approximate surface area is 117 Å². The Morgan fingerprint density at radius 1 is 0.722 bits per heavy atom. The number of anilines is 2. The summed E-state index contributed by atoms with van der Waals surface area (Å²) in [7, 11) is 0. The third kappa shape index (κ3) is 3.09. The van der Waals surface area contributed by atoms with E-state index in [1.54, 1.807) is 0 Å². The van der Waals surface area contributed by atoms with Crippen LogP contribution in [0.25, 0.3) is 0 Å². The van der Waals surface area contributed by atoms with Crippen molar-refractivity contribution in [1.29, 1.82) is 0 Å². The van der Waals surface area contributed by atoms with Gasteiger partial charge in [-0.05, 0) is 49.2 Å². The number of halogens is 2. The standard InChI is InChI=1S/C14H14Cl2N2/c1-9-3-5-13(11(15)7-9)17-18-14-6-4-10(2)8-12(14)16/h3-8,17-18H,1-2H3. The monoisotopic (exact) mass is 280 g/mol. The zero-order chi connectivity index (χ0) is 13.1. The summed E-state index contributed by atoms with van der Waals surface area (Å²) in [5.74, 6) is 0. The molecular weight excluding hydrogens is 267 g/mol. The molecule has 0 unspecified atom stereocenters. The molecule has 0 spiro atoms. The first-order chi connectivity index (χ1) is 8.56. The highest BCUT2D eigenvalue weighted by Crippen LogP contribution is 2.25. The second-order valence-electron chi connectivity index (χ2n) is 4.22. The molecule has 0 aromatic heterocycles. The van der Waals surface area contributed by atoms with Crippen LogP contribution < -0.4 is 10.9 Å². The average Bonchev–Trinajstić information content (AvgIpc) is 2.30. The van der Waals surface area contributed by atoms with Crippen molar-refractivity contribution < 1.29 is 0 Å². The van der Waals surface area contributed by atoms with Crippen molar-refractivity contribution in [3.8, 4) is 0 Å². The van der Waals surface area contributed by atoms with Gasteiger partial charge in [-0.25, -0.2) is 0 Å². The van der Waals surface area contributed by atoms with Crippen molar-refractivity contribution in [2.24, 2.45) is 0 Å². The van der Waals surface area contributed by atoms with Crippen LogP contribution in [0.1, 0.15) is 11.1 Å². The van der Waals surface area contributed by atoms with Gasteiger partial charge >= 0.3 is 0 Å². The number of rotatable bonds is 3. The lowest BCUT2D eigenvalue weighted by Crippen LogP contribution is -2.09. The predicted octanol–water partition coefficient (Wildman–Crippen LogP) is 5.05. The molecule has 4 heteroatoms. The molecular formula is C14H14Cl2N2. The maximum atomic E-state index is 6.13. The zero-order valence-electron chi connectivity index (χ0n) is 10.2. The van der Waals surface area contributed by atoms with Crippen LogP contribution in [0.5, 0.6) is 0 Å². The van der Waals surface area contributed by atoms with E-state index in [9.17, 15) is 0 Å². The van der Waals surface area contributed by atoms with Gasteiger partial charge in [0.15, 0.2) is 0 Å². The molecule has 0 heterocycles. The third-order valence-corrected chi connectivity index (χ3v) is 3.21. The quantitative estimate of drug-likeness (QED) is 0.769. The minimum atomic E-state index is 0.672. The van der Waals surface area contributed by atoms with E-state index in [2.05, 4.69) is 10.9 Å². The van der Waals surface area contributed by atoms with E-state index in [0.717, 1.165) is 22.5 Å². The van der Waals surface area contributed by atoms with Crippen molar-refractivity contribution in [1.82, 2.24) is 0 Å². The Morgan fingerprint density at radius 2 is 1.11 bits per heavy atom. The molecule has 0 bridgehead atoms. The molecule has 0 saturated heterocycles. The number of hydrogen-bond acceptors (Lipinski definition) is 2. The molecule has 0 aliphatic rings. The Hall–Kier alpha value is -1.38. The first kappa shape index (κ1) is 13.1. The van der Waals surface area contributed by atoms with Crippen LogP contribution in [0, 0.1) is 13.8 Å². The average molecular weight is 281 g/mol. The Kier molecular flexibility index (Phi) is 4.00. The molecule has 2 N–H and O–H groups in total. The van der Waals surface area contributed by atoms with Crippen LogP contribution in [0.2, 0.25) is 10.0 Å². The maximum absolute atomic E-state index is 6.13. The smallest absolute Gasteiger partial charge is 0.0726 e. The molecule has 18 heavy (non-hydrogen) atoms. The zero-order valence-corrected chi connectivity index (χ0v) is 11.7. The highest BCUT2D eigenvalue weighted by Gasteiger charge is 2.02. The minimum absolute atomic E-state index is 0.672. The summed E-state index contributed by atoms with van der Waals surface area (Å²) in [6, 6.07) is 11.6.